The first kappa shape index (κ1) is 30.2. The van der Waals surface area contributed by atoms with Crippen LogP contribution in [-0.2, 0) is 0 Å². The molecule has 4 nitrogen and oxygen atoms in total. The van der Waals surface area contributed by atoms with Gasteiger partial charge < -0.3 is 0 Å². The van der Waals surface area contributed by atoms with Gasteiger partial charge in [0.1, 0.15) is 5.71 Å². The van der Waals surface area contributed by atoms with Crippen molar-refractivity contribution >= 4 is 55.0 Å². The van der Waals surface area contributed by atoms with E-state index in [0.29, 0.717) is 11.4 Å². The maximum Gasteiger partial charge on any atom is 0.109 e. The van der Waals surface area contributed by atoms with Gasteiger partial charge in [0.2, 0.25) is 0 Å². The Kier molecular flexibility index (Phi) is 7.60. The molecule has 8 aromatic rings. The fourth-order valence-corrected chi connectivity index (χ4v) is 7.26. The fourth-order valence-electron chi connectivity index (χ4n) is 7.26. The zero-order valence-corrected chi connectivity index (χ0v) is 27.7. The highest BCUT2D eigenvalue weighted by atomic mass is 15.3. The predicted molar refractivity (Wildman–Crippen MR) is 215 cm³/mol. The van der Waals surface area contributed by atoms with E-state index in [1.54, 1.807) is 12.4 Å². The third kappa shape index (κ3) is 5.59. The van der Waals surface area contributed by atoms with Crippen LogP contribution in [0.4, 0.5) is 5.69 Å². The molecular weight excluding hydrogens is 621 g/mol. The maximum absolute atomic E-state index is 8.72. The number of hydrogen-bond acceptors (Lipinski definition) is 4. The first-order valence-electron chi connectivity index (χ1n) is 17.1. The van der Waals surface area contributed by atoms with Gasteiger partial charge in [0, 0.05) is 12.4 Å². The molecule has 1 heterocycles. The van der Waals surface area contributed by atoms with E-state index in [1.807, 2.05) is 42.5 Å². The third-order valence-electron chi connectivity index (χ3n) is 9.67. The SMILES string of the molecule is N=C1C=CC(c2c3ccccc3c(-c3cccc(-c4cccc5ccccc45)c3)c3ccccc23)=C/C1=N/Nc1ccc(-c2ccncc2)cc1. The minimum absolute atomic E-state index is 0.357. The number of rotatable bonds is 6. The quantitative estimate of drug-likeness (QED) is 0.107. The van der Waals surface area contributed by atoms with Crippen LogP contribution in [0, 0.1) is 5.41 Å². The van der Waals surface area contributed by atoms with Gasteiger partial charge in [-0.15, -0.1) is 0 Å². The van der Waals surface area contributed by atoms with Crippen LogP contribution in [0.3, 0.4) is 0 Å². The molecule has 1 aliphatic carbocycles. The van der Waals surface area contributed by atoms with Crippen molar-refractivity contribution in [1.29, 1.82) is 5.41 Å². The normalized spacial score (nSPS) is 13.6. The standard InChI is InChI=1S/C47H32N4/c48-44-24-21-36(30-45(44)51-50-37-22-19-31(20-23-37)32-25-27-49-28-26-32)47-42-16-5-3-14-40(42)46(41-15-4-6-17-43(41)47)35-12-7-11-34(29-35)39-18-8-10-33-9-1-2-13-38(33)39/h1-30,48,50H/b48-44?,51-45-. The van der Waals surface area contributed by atoms with E-state index in [0.717, 1.165) is 38.7 Å². The molecule has 7 aromatic carbocycles. The Morgan fingerprint density at radius 3 is 1.80 bits per heavy atom. The molecule has 0 saturated carbocycles. The highest BCUT2D eigenvalue weighted by Gasteiger charge is 2.20. The summed E-state index contributed by atoms with van der Waals surface area (Å²) in [5, 5.41) is 20.6. The van der Waals surface area contributed by atoms with Crippen LogP contribution in [0.15, 0.2) is 187 Å². The Balaban J connectivity index is 1.14. The van der Waals surface area contributed by atoms with Crippen molar-refractivity contribution < 1.29 is 0 Å². The molecule has 0 aliphatic heterocycles. The number of allylic oxidation sites excluding steroid dienone is 4. The lowest BCUT2D eigenvalue weighted by atomic mass is 9.84. The Morgan fingerprint density at radius 1 is 0.490 bits per heavy atom. The molecule has 0 fully saturated rings. The average Bonchev–Trinajstić information content (AvgIpc) is 3.20. The van der Waals surface area contributed by atoms with E-state index < -0.39 is 0 Å². The predicted octanol–water partition coefficient (Wildman–Crippen LogP) is 12.0. The minimum atomic E-state index is 0.357. The molecule has 1 aliphatic rings. The summed E-state index contributed by atoms with van der Waals surface area (Å²) in [5.41, 5.74) is 14.1. The Hall–Kier alpha value is -6.91. The summed E-state index contributed by atoms with van der Waals surface area (Å²) in [5.74, 6) is 0. The molecule has 0 atom stereocenters. The molecule has 0 bridgehead atoms. The van der Waals surface area contributed by atoms with Crippen LogP contribution >= 0.6 is 0 Å². The van der Waals surface area contributed by atoms with Gasteiger partial charge in [-0.1, -0.05) is 127 Å². The molecule has 51 heavy (non-hydrogen) atoms. The average molecular weight is 653 g/mol. The van der Waals surface area contributed by atoms with Crippen LogP contribution in [0.25, 0.3) is 71.3 Å². The molecular formula is C47H32N4. The van der Waals surface area contributed by atoms with Gasteiger partial charge in [-0.05, 0) is 119 Å². The summed E-state index contributed by atoms with van der Waals surface area (Å²) in [6.07, 6.45) is 9.50. The van der Waals surface area contributed by atoms with Crippen molar-refractivity contribution in [3.8, 4) is 33.4 Å². The number of pyridine rings is 1. The van der Waals surface area contributed by atoms with Gasteiger partial charge in [0.25, 0.3) is 0 Å². The molecule has 0 radical (unpaired) electrons. The van der Waals surface area contributed by atoms with Crippen molar-refractivity contribution in [2.24, 2.45) is 5.10 Å². The number of fused-ring (bicyclic) bond motifs is 3. The molecule has 1 aromatic heterocycles. The lowest BCUT2D eigenvalue weighted by Gasteiger charge is -2.20. The van der Waals surface area contributed by atoms with E-state index in [-0.39, 0.29) is 0 Å². The first-order chi connectivity index (χ1) is 25.2. The summed E-state index contributed by atoms with van der Waals surface area (Å²) >= 11 is 0. The fraction of sp³-hybridized carbons (Fsp3) is 0. The second-order valence-electron chi connectivity index (χ2n) is 12.7. The molecule has 4 heteroatoms. The van der Waals surface area contributed by atoms with Gasteiger partial charge in [-0.3, -0.25) is 15.8 Å². The molecule has 240 valence electrons. The van der Waals surface area contributed by atoms with E-state index in [4.69, 9.17) is 10.5 Å². The second kappa shape index (κ2) is 12.8. The number of anilines is 1. The van der Waals surface area contributed by atoms with E-state index in [2.05, 4.69) is 138 Å². The smallest absolute Gasteiger partial charge is 0.109 e. The monoisotopic (exact) mass is 652 g/mol. The van der Waals surface area contributed by atoms with E-state index in [9.17, 15) is 0 Å². The number of hydrazone groups is 1. The number of nitrogens with one attached hydrogen (secondary N) is 2. The lowest BCUT2D eigenvalue weighted by molar-refractivity contribution is 1.32. The number of aromatic nitrogens is 1. The first-order valence-corrected chi connectivity index (χ1v) is 17.1. The van der Waals surface area contributed by atoms with Crippen molar-refractivity contribution in [3.63, 3.8) is 0 Å². The molecule has 0 unspecified atom stereocenters. The van der Waals surface area contributed by atoms with E-state index in [1.165, 1.54) is 43.8 Å². The van der Waals surface area contributed by atoms with E-state index >= 15 is 0 Å². The highest BCUT2D eigenvalue weighted by molar-refractivity contribution is 6.52. The molecule has 2 N–H and O–H groups in total. The summed E-state index contributed by atoms with van der Waals surface area (Å²) in [6, 6.07) is 53.5. The third-order valence-corrected chi connectivity index (χ3v) is 9.67. The summed E-state index contributed by atoms with van der Waals surface area (Å²) in [4.78, 5) is 4.12. The number of benzene rings is 7. The van der Waals surface area contributed by atoms with Crippen LogP contribution in [0.1, 0.15) is 5.56 Å². The Morgan fingerprint density at radius 2 is 1.08 bits per heavy atom. The van der Waals surface area contributed by atoms with Crippen molar-refractivity contribution in [2.45, 2.75) is 0 Å². The molecule has 0 spiro atoms. The Bertz CT molecular complexity index is 2660. The lowest BCUT2D eigenvalue weighted by Crippen LogP contribution is -2.14. The Labute approximate surface area is 296 Å². The number of nitrogens with zero attached hydrogens (tertiary/aromatic N) is 2. The number of hydrogen-bond donors (Lipinski definition) is 2. The van der Waals surface area contributed by atoms with Crippen LogP contribution < -0.4 is 5.43 Å². The van der Waals surface area contributed by atoms with Crippen molar-refractivity contribution in [3.05, 3.63) is 188 Å². The highest BCUT2D eigenvalue weighted by Crippen LogP contribution is 2.43. The summed E-state index contributed by atoms with van der Waals surface area (Å²) < 4.78 is 0. The zero-order valence-electron chi connectivity index (χ0n) is 27.7. The maximum atomic E-state index is 8.72. The summed E-state index contributed by atoms with van der Waals surface area (Å²) in [6.45, 7) is 0. The molecule has 0 amide bonds. The van der Waals surface area contributed by atoms with Gasteiger partial charge in [-0.25, -0.2) is 0 Å². The molecule has 9 rings (SSSR count). The van der Waals surface area contributed by atoms with Crippen LogP contribution in [0.5, 0.6) is 0 Å². The van der Waals surface area contributed by atoms with Crippen molar-refractivity contribution in [2.75, 3.05) is 5.43 Å². The largest absolute Gasteiger partial charge is 0.299 e. The second-order valence-corrected chi connectivity index (χ2v) is 12.7. The van der Waals surface area contributed by atoms with Gasteiger partial charge >= 0.3 is 0 Å². The van der Waals surface area contributed by atoms with Crippen LogP contribution in [0.2, 0.25) is 0 Å². The van der Waals surface area contributed by atoms with Gasteiger partial charge in [0.15, 0.2) is 0 Å². The van der Waals surface area contributed by atoms with Gasteiger partial charge in [0.05, 0.1) is 11.4 Å². The van der Waals surface area contributed by atoms with Crippen molar-refractivity contribution in [1.82, 2.24) is 4.98 Å². The molecule has 0 saturated heterocycles. The zero-order chi connectivity index (χ0) is 34.1. The van der Waals surface area contributed by atoms with Crippen LogP contribution in [-0.4, -0.2) is 16.4 Å². The minimum Gasteiger partial charge on any atom is -0.299 e. The topological polar surface area (TPSA) is 61.1 Å². The summed E-state index contributed by atoms with van der Waals surface area (Å²) in [7, 11) is 0. The van der Waals surface area contributed by atoms with Gasteiger partial charge in [-0.2, -0.15) is 5.10 Å².